The number of aromatic amines is 2. The lowest BCUT2D eigenvalue weighted by Crippen LogP contribution is -2.55. The number of methoxy groups -OCH3 is 1. The molecule has 5 N–H and O–H groups in total. The third-order valence-corrected chi connectivity index (χ3v) is 14.9. The van der Waals surface area contributed by atoms with E-state index in [1.807, 2.05) is 49.9 Å². The van der Waals surface area contributed by atoms with Crippen molar-refractivity contribution in [1.82, 2.24) is 45.3 Å². The third-order valence-electron chi connectivity index (χ3n) is 14.9. The molecule has 4 atom stereocenters. The van der Waals surface area contributed by atoms with Crippen LogP contribution >= 0.6 is 0 Å². The van der Waals surface area contributed by atoms with Gasteiger partial charge in [-0.1, -0.05) is 52.0 Å². The van der Waals surface area contributed by atoms with E-state index in [2.05, 4.69) is 44.9 Å². The summed E-state index contributed by atoms with van der Waals surface area (Å²) in [5, 5.41) is 15.6. The molecule has 2 aromatic heterocycles. The van der Waals surface area contributed by atoms with Crippen LogP contribution in [0.15, 0.2) is 36.7 Å². The third kappa shape index (κ3) is 8.38. The van der Waals surface area contributed by atoms with Crippen molar-refractivity contribution < 1.29 is 29.0 Å². The molecule has 1 aromatic carbocycles. The summed E-state index contributed by atoms with van der Waals surface area (Å²) in [6, 6.07) is 7.07. The number of alkyl carbamates (subject to hydrolysis) is 1. The molecule has 3 saturated carbocycles. The van der Waals surface area contributed by atoms with E-state index in [0.29, 0.717) is 39.0 Å². The Morgan fingerprint density at radius 2 is 1.25 bits per heavy atom. The topological polar surface area (TPSA) is 189 Å². The first-order chi connectivity index (χ1) is 29.3. The highest BCUT2D eigenvalue weighted by Crippen LogP contribution is 2.58. The Labute approximate surface area is 359 Å². The van der Waals surface area contributed by atoms with Crippen molar-refractivity contribution in [2.45, 2.75) is 146 Å². The fraction of sp³-hybridized carbons (Fsp3) is 0.652. The van der Waals surface area contributed by atoms with E-state index in [-0.39, 0.29) is 58.7 Å². The Bertz CT molecular complexity index is 2030. The summed E-state index contributed by atoms with van der Waals surface area (Å²) in [6.45, 7) is 9.99. The Hall–Kier alpha value is -4.92. The van der Waals surface area contributed by atoms with Crippen LogP contribution in [0.1, 0.15) is 140 Å². The molecular formula is C46H65N9O6. The van der Waals surface area contributed by atoms with Crippen molar-refractivity contribution in [2.24, 2.45) is 11.8 Å². The van der Waals surface area contributed by atoms with Gasteiger partial charge in [-0.3, -0.25) is 9.59 Å². The number of aliphatic hydroxyl groups excluding tert-OH is 1. The van der Waals surface area contributed by atoms with Crippen molar-refractivity contribution in [3.63, 3.8) is 0 Å². The number of H-pyrrole nitrogens is 2. The molecule has 9 rings (SSSR count). The number of benzene rings is 1. The summed E-state index contributed by atoms with van der Waals surface area (Å²) in [6.07, 6.45) is 13.9. The van der Waals surface area contributed by atoms with Crippen LogP contribution in [0.25, 0.3) is 11.3 Å². The minimum Gasteiger partial charge on any atom is -0.453 e. The normalized spacial score (nSPS) is 26.5. The van der Waals surface area contributed by atoms with Crippen molar-refractivity contribution in [1.29, 1.82) is 0 Å². The second kappa shape index (κ2) is 17.5. The highest BCUT2D eigenvalue weighted by atomic mass is 16.5. The number of rotatable bonds is 11. The maximum Gasteiger partial charge on any atom is 0.407 e. The largest absolute Gasteiger partial charge is 0.453 e. The molecule has 0 spiro atoms. The molecule has 330 valence electrons. The van der Waals surface area contributed by atoms with Gasteiger partial charge in [0.25, 0.3) is 0 Å². The fourth-order valence-corrected chi connectivity index (χ4v) is 10.9. The SMILES string of the molecule is COC(=O)N[C@H](C(=O)N1CCC[C@H]1c1ncc(C23CCC(c4ccc(-c5cnc([C@@H]6CCCN6C(=O)[C@@H](NC(=O)N6CCC(O)CC6)C(C)C)[nH]5)cc4)(CC2)CC3)[nH]1)C(C)C. The first-order valence-electron chi connectivity index (χ1n) is 22.7. The molecular weight excluding hydrogens is 775 g/mol. The number of imidazole rings is 2. The van der Waals surface area contributed by atoms with Crippen molar-refractivity contribution >= 4 is 23.9 Å². The van der Waals surface area contributed by atoms with Gasteiger partial charge in [0.15, 0.2) is 0 Å². The van der Waals surface area contributed by atoms with Crippen LogP contribution in [0.5, 0.6) is 0 Å². The molecule has 0 unspecified atom stereocenters. The van der Waals surface area contributed by atoms with Crippen molar-refractivity contribution in [3.8, 4) is 11.3 Å². The van der Waals surface area contributed by atoms with Gasteiger partial charge in [-0.2, -0.15) is 0 Å². The summed E-state index contributed by atoms with van der Waals surface area (Å²) < 4.78 is 4.80. The first kappa shape index (κ1) is 42.8. The van der Waals surface area contributed by atoms with Crippen LogP contribution in [-0.2, 0) is 25.2 Å². The second-order valence-corrected chi connectivity index (χ2v) is 19.1. The van der Waals surface area contributed by atoms with Gasteiger partial charge in [-0.05, 0) is 105 Å². The molecule has 5 heterocycles. The van der Waals surface area contributed by atoms with Crippen LogP contribution < -0.4 is 10.6 Å². The number of urea groups is 1. The Balaban J connectivity index is 0.893. The zero-order chi connectivity index (χ0) is 43.1. The van der Waals surface area contributed by atoms with E-state index >= 15 is 0 Å². The van der Waals surface area contributed by atoms with Gasteiger partial charge in [-0.25, -0.2) is 19.6 Å². The predicted molar refractivity (Wildman–Crippen MR) is 229 cm³/mol. The molecule has 3 aromatic rings. The Kier molecular flexibility index (Phi) is 12.2. The van der Waals surface area contributed by atoms with E-state index in [9.17, 15) is 24.3 Å². The van der Waals surface area contributed by atoms with Gasteiger partial charge in [0.2, 0.25) is 11.8 Å². The highest BCUT2D eigenvalue weighted by molar-refractivity contribution is 5.88. The van der Waals surface area contributed by atoms with Gasteiger partial charge >= 0.3 is 12.1 Å². The minimum atomic E-state index is -0.662. The molecule has 15 nitrogen and oxygen atoms in total. The second-order valence-electron chi connectivity index (χ2n) is 19.1. The minimum absolute atomic E-state index is 0.0493. The molecule has 0 radical (unpaired) electrons. The smallest absolute Gasteiger partial charge is 0.407 e. The van der Waals surface area contributed by atoms with E-state index in [0.717, 1.165) is 87.1 Å². The van der Waals surface area contributed by atoms with Gasteiger partial charge < -0.3 is 45.1 Å². The molecule has 3 aliphatic heterocycles. The standard InChI is InChI=1S/C46H65N9O6/c1-28(2)37(51-43(59)53-24-14-32(56)15-25-53)41(57)54-22-6-8-34(54)39-47-26-33(49-39)30-10-12-31(13-11-30)45-16-19-46(20-17-45,21-18-45)36-27-48-40(50-36)35-9-7-23-55(35)42(58)38(29(3)4)52-44(60)61-5/h10-13,26-29,32,34-35,37-38,56H,6-9,14-25H2,1-5H3,(H,47,49)(H,48,50)(H,51,59)(H,52,60)/t34-,35-,37-,38-,45?,46?/m0/s1. The van der Waals surface area contributed by atoms with Crippen LogP contribution in [0.4, 0.5) is 9.59 Å². The average Bonchev–Trinajstić information content (AvgIpc) is 4.12. The van der Waals surface area contributed by atoms with E-state index in [1.165, 1.54) is 18.4 Å². The fourth-order valence-electron chi connectivity index (χ4n) is 10.9. The number of carbonyl (C=O) groups excluding carboxylic acids is 4. The van der Waals surface area contributed by atoms with E-state index < -0.39 is 18.2 Å². The number of nitrogens with zero attached hydrogens (tertiary/aromatic N) is 5. The highest BCUT2D eigenvalue weighted by Gasteiger charge is 2.51. The number of amides is 5. The van der Waals surface area contributed by atoms with Crippen LogP contribution in [0.3, 0.4) is 0 Å². The quantitative estimate of drug-likeness (QED) is 0.150. The van der Waals surface area contributed by atoms with Crippen molar-refractivity contribution in [2.75, 3.05) is 33.3 Å². The monoisotopic (exact) mass is 840 g/mol. The van der Waals surface area contributed by atoms with Gasteiger partial charge in [0.05, 0.1) is 37.2 Å². The number of hydrogen-bond acceptors (Lipinski definition) is 8. The number of fused-ring (bicyclic) bond motifs is 3. The number of likely N-dealkylation sites (tertiary alicyclic amines) is 3. The summed E-state index contributed by atoms with van der Waals surface area (Å²) in [5.74, 6) is 1.25. The molecule has 3 saturated heterocycles. The number of piperidine rings is 1. The Morgan fingerprint density at radius 3 is 1.80 bits per heavy atom. The number of carbonyl (C=O) groups is 4. The van der Waals surface area contributed by atoms with Crippen LogP contribution in [-0.4, -0.2) is 115 Å². The molecule has 3 aliphatic carbocycles. The molecule has 61 heavy (non-hydrogen) atoms. The summed E-state index contributed by atoms with van der Waals surface area (Å²) in [5.41, 5.74) is 4.72. The average molecular weight is 840 g/mol. The zero-order valence-electron chi connectivity index (χ0n) is 36.5. The van der Waals surface area contributed by atoms with Gasteiger partial charge in [0.1, 0.15) is 23.7 Å². The number of ether oxygens (including phenoxy) is 1. The van der Waals surface area contributed by atoms with Crippen molar-refractivity contribution in [3.05, 3.63) is 59.6 Å². The van der Waals surface area contributed by atoms with E-state index in [4.69, 9.17) is 14.7 Å². The Morgan fingerprint density at radius 1 is 0.721 bits per heavy atom. The maximum atomic E-state index is 14.0. The number of aliphatic hydroxyl groups is 1. The van der Waals surface area contributed by atoms with Gasteiger partial charge in [0, 0.05) is 43.5 Å². The molecule has 2 bridgehead atoms. The molecule has 6 aliphatic rings. The predicted octanol–water partition coefficient (Wildman–Crippen LogP) is 6.24. The van der Waals surface area contributed by atoms with Crippen LogP contribution in [0.2, 0.25) is 0 Å². The first-order valence-corrected chi connectivity index (χ1v) is 22.7. The summed E-state index contributed by atoms with van der Waals surface area (Å²) in [7, 11) is 1.31. The van der Waals surface area contributed by atoms with Gasteiger partial charge in [-0.15, -0.1) is 0 Å². The summed E-state index contributed by atoms with van der Waals surface area (Å²) >= 11 is 0. The summed E-state index contributed by atoms with van der Waals surface area (Å²) in [4.78, 5) is 75.3. The lowest BCUT2D eigenvalue weighted by Gasteiger charge is -2.53. The lowest BCUT2D eigenvalue weighted by molar-refractivity contribution is -0.136. The maximum absolute atomic E-state index is 14.0. The lowest BCUT2D eigenvalue weighted by atomic mass is 9.51. The number of aromatic nitrogens is 4. The zero-order valence-corrected chi connectivity index (χ0v) is 36.5. The molecule has 5 amide bonds. The van der Waals surface area contributed by atoms with E-state index in [1.54, 1.807) is 4.90 Å². The van der Waals surface area contributed by atoms with Crippen LogP contribution in [0, 0.1) is 11.8 Å². The molecule has 6 fully saturated rings. The number of hydrogen-bond donors (Lipinski definition) is 5. The molecule has 15 heteroatoms. The number of nitrogens with one attached hydrogen (secondary N) is 4.